The lowest BCUT2D eigenvalue weighted by Gasteiger charge is -1.91. The highest BCUT2D eigenvalue weighted by molar-refractivity contribution is 5.48. The summed E-state index contributed by atoms with van der Waals surface area (Å²) in [6.07, 6.45) is 8.18. The molecular weight excluding hydrogens is 150 g/mol. The number of hydrogen-bond donors (Lipinski definition) is 0. The number of aromatic nitrogens is 3. The van der Waals surface area contributed by atoms with Crippen molar-refractivity contribution in [2.24, 2.45) is 5.92 Å². The fraction of sp³-hybridized carbons (Fsp3) is 0.333. The first-order chi connectivity index (χ1) is 5.75. The molecule has 0 spiro atoms. The molecule has 0 aliphatic carbocycles. The summed E-state index contributed by atoms with van der Waals surface area (Å²) in [6, 6.07) is 0. The van der Waals surface area contributed by atoms with Crippen molar-refractivity contribution in [3.8, 4) is 0 Å². The van der Waals surface area contributed by atoms with Gasteiger partial charge in [0, 0.05) is 6.20 Å². The molecule has 1 aliphatic heterocycles. The van der Waals surface area contributed by atoms with Gasteiger partial charge in [-0.1, -0.05) is 19.1 Å². The molecule has 62 valence electrons. The van der Waals surface area contributed by atoms with Gasteiger partial charge in [0.1, 0.15) is 5.82 Å². The van der Waals surface area contributed by atoms with Gasteiger partial charge in [-0.15, -0.1) is 0 Å². The molecule has 1 aromatic heterocycles. The maximum Gasteiger partial charge on any atom is 0.155 e. The lowest BCUT2D eigenvalue weighted by Crippen LogP contribution is -1.90. The molecule has 0 aromatic carbocycles. The van der Waals surface area contributed by atoms with E-state index in [9.17, 15) is 0 Å². The predicted molar refractivity (Wildman–Crippen MR) is 48.3 cm³/mol. The molecule has 0 radical (unpaired) electrons. The maximum atomic E-state index is 4.26. The highest BCUT2D eigenvalue weighted by Gasteiger charge is 2.04. The van der Waals surface area contributed by atoms with E-state index in [4.69, 9.17) is 0 Å². The van der Waals surface area contributed by atoms with E-state index < -0.39 is 0 Å². The largest absolute Gasteiger partial charge is 0.221 e. The zero-order chi connectivity index (χ0) is 8.55. The first-order valence-corrected chi connectivity index (χ1v) is 4.05. The van der Waals surface area contributed by atoms with Crippen LogP contribution in [0.15, 0.2) is 12.2 Å². The van der Waals surface area contributed by atoms with Gasteiger partial charge in [-0.25, -0.2) is 9.67 Å². The van der Waals surface area contributed by atoms with Crippen LogP contribution in [0.5, 0.6) is 0 Å². The Hall–Kier alpha value is -1.38. The number of nitrogens with zero attached hydrogens (tertiary/aromatic N) is 3. The normalized spacial score (nSPS) is 20.7. The molecular formula is C9H11N3. The van der Waals surface area contributed by atoms with E-state index >= 15 is 0 Å². The third-order valence-corrected chi connectivity index (χ3v) is 1.84. The predicted octanol–water partition coefficient (Wildman–Crippen LogP) is 1.72. The van der Waals surface area contributed by atoms with E-state index in [0.717, 1.165) is 11.6 Å². The first kappa shape index (κ1) is 7.28. The summed E-state index contributed by atoms with van der Waals surface area (Å²) >= 11 is 0. The van der Waals surface area contributed by atoms with Gasteiger partial charge >= 0.3 is 0 Å². The van der Waals surface area contributed by atoms with Crippen molar-refractivity contribution in [2.45, 2.75) is 13.8 Å². The average molecular weight is 161 g/mol. The third-order valence-electron chi connectivity index (χ3n) is 1.84. The zero-order valence-electron chi connectivity index (χ0n) is 7.23. The van der Waals surface area contributed by atoms with Crippen molar-refractivity contribution in [3.63, 3.8) is 0 Å². The Morgan fingerprint density at radius 1 is 1.42 bits per heavy atom. The number of rotatable bonds is 0. The van der Waals surface area contributed by atoms with E-state index in [-0.39, 0.29) is 0 Å². The van der Waals surface area contributed by atoms with Crippen LogP contribution in [0, 0.1) is 12.8 Å². The molecule has 1 aliphatic rings. The van der Waals surface area contributed by atoms with Gasteiger partial charge in [-0.3, -0.25) is 0 Å². The summed E-state index contributed by atoms with van der Waals surface area (Å²) in [5.74, 6) is 2.19. The number of allylic oxidation sites excluding steroid dienone is 2. The average Bonchev–Trinajstić information content (AvgIpc) is 2.31. The molecule has 0 fully saturated rings. The van der Waals surface area contributed by atoms with E-state index in [1.165, 1.54) is 0 Å². The fourth-order valence-electron chi connectivity index (χ4n) is 1.19. The van der Waals surface area contributed by atoms with Crippen LogP contribution in [-0.4, -0.2) is 14.8 Å². The van der Waals surface area contributed by atoms with E-state index in [1.54, 1.807) is 4.68 Å². The highest BCUT2D eigenvalue weighted by Crippen LogP contribution is 2.11. The SMILES string of the molecule is Cc1nc2n(n1)C=CC(C)C=C2. The van der Waals surface area contributed by atoms with Crippen molar-refractivity contribution < 1.29 is 0 Å². The topological polar surface area (TPSA) is 30.7 Å². The molecule has 3 nitrogen and oxygen atoms in total. The number of aryl methyl sites for hydroxylation is 1. The lowest BCUT2D eigenvalue weighted by molar-refractivity contribution is 0.892. The van der Waals surface area contributed by atoms with Crippen LogP contribution in [0.2, 0.25) is 0 Å². The van der Waals surface area contributed by atoms with Crippen molar-refractivity contribution in [1.29, 1.82) is 0 Å². The molecule has 0 N–H and O–H groups in total. The summed E-state index contributed by atoms with van der Waals surface area (Å²) in [7, 11) is 0. The molecule has 0 saturated heterocycles. The molecule has 1 aromatic rings. The van der Waals surface area contributed by atoms with Gasteiger partial charge in [0.25, 0.3) is 0 Å². The molecule has 0 bridgehead atoms. The Morgan fingerprint density at radius 2 is 2.25 bits per heavy atom. The van der Waals surface area contributed by atoms with Gasteiger partial charge in [-0.05, 0) is 18.9 Å². The van der Waals surface area contributed by atoms with Gasteiger partial charge in [0.05, 0.1) is 0 Å². The van der Waals surface area contributed by atoms with Gasteiger partial charge in [-0.2, -0.15) is 5.10 Å². The summed E-state index contributed by atoms with van der Waals surface area (Å²) in [5.41, 5.74) is 0. The second kappa shape index (κ2) is 2.59. The van der Waals surface area contributed by atoms with Gasteiger partial charge in [0.2, 0.25) is 0 Å². The Balaban J connectivity index is 2.49. The second-order valence-corrected chi connectivity index (χ2v) is 3.02. The third kappa shape index (κ3) is 1.18. The van der Waals surface area contributed by atoms with Crippen molar-refractivity contribution in [2.75, 3.05) is 0 Å². The smallest absolute Gasteiger partial charge is 0.155 e. The van der Waals surface area contributed by atoms with Crippen molar-refractivity contribution in [1.82, 2.24) is 14.8 Å². The minimum absolute atomic E-state index is 0.466. The minimum atomic E-state index is 0.466. The Bertz CT molecular complexity index is 315. The van der Waals surface area contributed by atoms with Crippen LogP contribution in [0.3, 0.4) is 0 Å². The standard InChI is InChI=1S/C9H11N3/c1-7-3-4-9-10-8(2)11-12(9)6-5-7/h3-7H,1-2H3. The highest BCUT2D eigenvalue weighted by atomic mass is 15.3. The molecule has 3 heteroatoms. The van der Waals surface area contributed by atoms with Gasteiger partial charge in [0.15, 0.2) is 5.82 Å². The monoisotopic (exact) mass is 161 g/mol. The Morgan fingerprint density at radius 3 is 3.08 bits per heavy atom. The van der Waals surface area contributed by atoms with E-state index in [1.807, 2.05) is 19.2 Å². The maximum absolute atomic E-state index is 4.26. The number of hydrogen-bond acceptors (Lipinski definition) is 2. The van der Waals surface area contributed by atoms with E-state index in [2.05, 4.69) is 29.2 Å². The Labute approximate surface area is 71.4 Å². The second-order valence-electron chi connectivity index (χ2n) is 3.02. The molecule has 2 heterocycles. The van der Waals surface area contributed by atoms with E-state index in [0.29, 0.717) is 5.92 Å². The number of fused-ring (bicyclic) bond motifs is 1. The molecule has 0 saturated carbocycles. The summed E-state index contributed by atoms with van der Waals surface area (Å²) in [5, 5.41) is 4.21. The zero-order valence-corrected chi connectivity index (χ0v) is 7.23. The fourth-order valence-corrected chi connectivity index (χ4v) is 1.19. The molecule has 1 atom stereocenters. The molecule has 0 amide bonds. The molecule has 2 rings (SSSR count). The summed E-state index contributed by atoms with van der Waals surface area (Å²) in [6.45, 7) is 4.03. The van der Waals surface area contributed by atoms with Crippen LogP contribution in [0.4, 0.5) is 0 Å². The van der Waals surface area contributed by atoms with Crippen LogP contribution < -0.4 is 0 Å². The first-order valence-electron chi connectivity index (χ1n) is 4.05. The van der Waals surface area contributed by atoms with Crippen LogP contribution >= 0.6 is 0 Å². The van der Waals surface area contributed by atoms with Crippen molar-refractivity contribution >= 4 is 12.3 Å². The minimum Gasteiger partial charge on any atom is -0.221 e. The van der Waals surface area contributed by atoms with Crippen LogP contribution in [0.25, 0.3) is 12.3 Å². The summed E-state index contributed by atoms with van der Waals surface area (Å²) in [4.78, 5) is 4.26. The molecule has 12 heavy (non-hydrogen) atoms. The van der Waals surface area contributed by atoms with Crippen molar-refractivity contribution in [3.05, 3.63) is 23.8 Å². The van der Waals surface area contributed by atoms with Gasteiger partial charge < -0.3 is 0 Å². The van der Waals surface area contributed by atoms with Crippen LogP contribution in [0.1, 0.15) is 18.6 Å². The molecule has 1 unspecified atom stereocenters. The Kier molecular flexibility index (Phi) is 1.57. The summed E-state index contributed by atoms with van der Waals surface area (Å²) < 4.78 is 1.80. The quantitative estimate of drug-likeness (QED) is 0.580. The van der Waals surface area contributed by atoms with Crippen LogP contribution in [-0.2, 0) is 0 Å². The lowest BCUT2D eigenvalue weighted by atomic mass is 10.2.